The highest BCUT2D eigenvalue weighted by molar-refractivity contribution is 5.91. The topological polar surface area (TPSA) is 87.3 Å². The Morgan fingerprint density at radius 2 is 2.15 bits per heavy atom. The normalized spacial score (nSPS) is 10.3. The zero-order valence-corrected chi connectivity index (χ0v) is 11.1. The summed E-state index contributed by atoms with van der Waals surface area (Å²) in [6.45, 7) is 3.61. The SMILES string of the molecule is CCOC(=O)c1nn(-c2ccccc2C)cc1[N+](=O)[O-]. The molecule has 0 bridgehead atoms. The van der Waals surface area contributed by atoms with Crippen LogP contribution in [0.25, 0.3) is 5.69 Å². The number of benzene rings is 1. The number of esters is 1. The van der Waals surface area contributed by atoms with Gasteiger partial charge in [0.1, 0.15) is 6.20 Å². The Morgan fingerprint density at radius 3 is 2.75 bits per heavy atom. The summed E-state index contributed by atoms with van der Waals surface area (Å²) in [5.41, 5.74) is 0.901. The summed E-state index contributed by atoms with van der Waals surface area (Å²) in [4.78, 5) is 22.1. The molecule has 20 heavy (non-hydrogen) atoms. The molecule has 7 heteroatoms. The van der Waals surface area contributed by atoms with E-state index < -0.39 is 10.9 Å². The Kier molecular flexibility index (Phi) is 3.79. The average Bonchev–Trinajstić information content (AvgIpc) is 2.84. The predicted molar refractivity (Wildman–Crippen MR) is 70.9 cm³/mol. The van der Waals surface area contributed by atoms with Crippen LogP contribution in [0.4, 0.5) is 5.69 Å². The lowest BCUT2D eigenvalue weighted by atomic mass is 10.2. The molecule has 0 aliphatic rings. The lowest BCUT2D eigenvalue weighted by Gasteiger charge is -2.03. The molecule has 0 aliphatic carbocycles. The molecule has 0 N–H and O–H groups in total. The first-order valence-corrected chi connectivity index (χ1v) is 6.01. The minimum atomic E-state index is -0.800. The van der Waals surface area contributed by atoms with E-state index in [1.165, 1.54) is 10.9 Å². The zero-order valence-electron chi connectivity index (χ0n) is 11.1. The maximum Gasteiger partial charge on any atom is 0.366 e. The molecular formula is C13H13N3O4. The van der Waals surface area contributed by atoms with Crippen LogP contribution < -0.4 is 0 Å². The fourth-order valence-electron chi connectivity index (χ4n) is 1.79. The molecule has 1 aromatic carbocycles. The summed E-state index contributed by atoms with van der Waals surface area (Å²) in [7, 11) is 0. The number of nitro groups is 1. The molecule has 104 valence electrons. The van der Waals surface area contributed by atoms with Gasteiger partial charge in [-0.25, -0.2) is 9.48 Å². The summed E-state index contributed by atoms with van der Waals surface area (Å²) in [5.74, 6) is -0.800. The van der Waals surface area contributed by atoms with Gasteiger partial charge in [0.2, 0.25) is 5.69 Å². The molecule has 0 spiro atoms. The van der Waals surface area contributed by atoms with Crippen molar-refractivity contribution in [3.05, 3.63) is 51.8 Å². The third-order valence-electron chi connectivity index (χ3n) is 2.72. The fraction of sp³-hybridized carbons (Fsp3) is 0.231. The first kappa shape index (κ1) is 13.7. The highest BCUT2D eigenvalue weighted by Gasteiger charge is 2.27. The number of carbonyl (C=O) groups excluding carboxylic acids is 1. The van der Waals surface area contributed by atoms with Crippen molar-refractivity contribution in [3.63, 3.8) is 0 Å². The van der Waals surface area contributed by atoms with E-state index in [4.69, 9.17) is 4.74 Å². The Hall–Kier alpha value is -2.70. The third-order valence-corrected chi connectivity index (χ3v) is 2.72. The molecule has 1 heterocycles. The lowest BCUT2D eigenvalue weighted by Crippen LogP contribution is -2.08. The second-order valence-corrected chi connectivity index (χ2v) is 4.07. The number of carbonyl (C=O) groups is 1. The molecule has 0 aliphatic heterocycles. The maximum absolute atomic E-state index is 11.7. The van der Waals surface area contributed by atoms with Crippen LogP contribution in [0.15, 0.2) is 30.5 Å². The Morgan fingerprint density at radius 1 is 1.45 bits per heavy atom. The van der Waals surface area contributed by atoms with Gasteiger partial charge >= 0.3 is 11.7 Å². The van der Waals surface area contributed by atoms with Crippen molar-refractivity contribution < 1.29 is 14.5 Å². The van der Waals surface area contributed by atoms with E-state index >= 15 is 0 Å². The summed E-state index contributed by atoms with van der Waals surface area (Å²) < 4.78 is 6.10. The van der Waals surface area contributed by atoms with E-state index in [0.717, 1.165) is 5.56 Å². The second kappa shape index (κ2) is 5.52. The van der Waals surface area contributed by atoms with Gasteiger partial charge in [-0.2, -0.15) is 5.10 Å². The molecule has 0 unspecified atom stereocenters. The van der Waals surface area contributed by atoms with Gasteiger partial charge in [0, 0.05) is 0 Å². The summed E-state index contributed by atoms with van der Waals surface area (Å²) in [6.07, 6.45) is 1.22. The Bertz CT molecular complexity index is 663. The van der Waals surface area contributed by atoms with Crippen molar-refractivity contribution in [3.8, 4) is 5.69 Å². The summed E-state index contributed by atoms with van der Waals surface area (Å²) >= 11 is 0. The van der Waals surface area contributed by atoms with Gasteiger partial charge in [0.25, 0.3) is 0 Å². The molecule has 2 rings (SSSR count). The highest BCUT2D eigenvalue weighted by Crippen LogP contribution is 2.22. The largest absolute Gasteiger partial charge is 0.461 e. The number of aromatic nitrogens is 2. The lowest BCUT2D eigenvalue weighted by molar-refractivity contribution is -0.385. The van der Waals surface area contributed by atoms with Gasteiger partial charge in [-0.15, -0.1) is 0 Å². The average molecular weight is 275 g/mol. The van der Waals surface area contributed by atoms with Crippen molar-refractivity contribution in [2.45, 2.75) is 13.8 Å². The molecule has 2 aromatic rings. The molecule has 0 atom stereocenters. The molecule has 0 fully saturated rings. The number of hydrogen-bond acceptors (Lipinski definition) is 5. The van der Waals surface area contributed by atoms with Crippen LogP contribution in [0.3, 0.4) is 0 Å². The van der Waals surface area contributed by atoms with E-state index in [-0.39, 0.29) is 18.0 Å². The number of nitrogens with zero attached hydrogens (tertiary/aromatic N) is 3. The molecule has 7 nitrogen and oxygen atoms in total. The van der Waals surface area contributed by atoms with Crippen LogP contribution in [-0.4, -0.2) is 27.3 Å². The monoisotopic (exact) mass is 275 g/mol. The molecular weight excluding hydrogens is 262 g/mol. The molecule has 0 saturated carbocycles. The minimum Gasteiger partial charge on any atom is -0.461 e. The molecule has 1 aromatic heterocycles. The first-order valence-electron chi connectivity index (χ1n) is 6.01. The molecule has 0 saturated heterocycles. The van der Waals surface area contributed by atoms with Crippen LogP contribution in [0.5, 0.6) is 0 Å². The van der Waals surface area contributed by atoms with Crippen molar-refractivity contribution in [1.82, 2.24) is 9.78 Å². The predicted octanol–water partition coefficient (Wildman–Crippen LogP) is 2.27. The van der Waals surface area contributed by atoms with E-state index in [1.54, 1.807) is 19.1 Å². The van der Waals surface area contributed by atoms with Crippen molar-refractivity contribution >= 4 is 11.7 Å². The van der Waals surface area contributed by atoms with E-state index in [1.807, 2.05) is 19.1 Å². The van der Waals surface area contributed by atoms with Crippen LogP contribution >= 0.6 is 0 Å². The van der Waals surface area contributed by atoms with Crippen molar-refractivity contribution in [2.75, 3.05) is 6.61 Å². The summed E-state index contributed by atoms with van der Waals surface area (Å²) in [5, 5.41) is 15.0. The van der Waals surface area contributed by atoms with E-state index in [0.29, 0.717) is 5.69 Å². The first-order chi connectivity index (χ1) is 9.54. The van der Waals surface area contributed by atoms with Gasteiger partial charge in [-0.05, 0) is 25.5 Å². The van der Waals surface area contributed by atoms with Crippen LogP contribution in [-0.2, 0) is 4.74 Å². The van der Waals surface area contributed by atoms with Gasteiger partial charge in [-0.1, -0.05) is 18.2 Å². The maximum atomic E-state index is 11.7. The van der Waals surface area contributed by atoms with Crippen LogP contribution in [0.1, 0.15) is 23.0 Å². The van der Waals surface area contributed by atoms with Crippen LogP contribution in [0.2, 0.25) is 0 Å². The smallest absolute Gasteiger partial charge is 0.366 e. The number of aryl methyl sites for hydroxylation is 1. The highest BCUT2D eigenvalue weighted by atomic mass is 16.6. The third kappa shape index (κ3) is 2.51. The van der Waals surface area contributed by atoms with Crippen LogP contribution in [0, 0.1) is 17.0 Å². The van der Waals surface area contributed by atoms with E-state index in [9.17, 15) is 14.9 Å². The van der Waals surface area contributed by atoms with Gasteiger partial charge in [0.05, 0.1) is 17.2 Å². The number of hydrogen-bond donors (Lipinski definition) is 0. The fourth-order valence-corrected chi connectivity index (χ4v) is 1.79. The standard InChI is InChI=1S/C13H13N3O4/c1-3-20-13(17)12-11(16(18)19)8-15(14-12)10-7-5-4-6-9(10)2/h4-8H,3H2,1-2H3. The van der Waals surface area contributed by atoms with Crippen molar-refractivity contribution in [1.29, 1.82) is 0 Å². The number of rotatable bonds is 4. The van der Waals surface area contributed by atoms with Gasteiger partial charge in [0.15, 0.2) is 0 Å². The van der Waals surface area contributed by atoms with Gasteiger partial charge in [-0.3, -0.25) is 10.1 Å². The minimum absolute atomic E-state index is 0.132. The van der Waals surface area contributed by atoms with Crippen molar-refractivity contribution in [2.24, 2.45) is 0 Å². The van der Waals surface area contributed by atoms with Gasteiger partial charge < -0.3 is 4.74 Å². The second-order valence-electron chi connectivity index (χ2n) is 4.07. The quantitative estimate of drug-likeness (QED) is 0.485. The molecule has 0 amide bonds. The molecule has 0 radical (unpaired) electrons. The Labute approximate surface area is 114 Å². The number of ether oxygens (including phenoxy) is 1. The summed E-state index contributed by atoms with van der Waals surface area (Å²) in [6, 6.07) is 7.26. The zero-order chi connectivity index (χ0) is 14.7. The Balaban J connectivity index is 2.53. The van der Waals surface area contributed by atoms with E-state index in [2.05, 4.69) is 5.10 Å². The number of para-hydroxylation sites is 1.